The van der Waals surface area contributed by atoms with Crippen molar-refractivity contribution in [1.29, 1.82) is 5.26 Å². The Kier molecular flexibility index (Phi) is 3.10. The van der Waals surface area contributed by atoms with Crippen LogP contribution in [0, 0.1) is 25.2 Å². The van der Waals surface area contributed by atoms with Gasteiger partial charge in [0.05, 0.1) is 38.8 Å². The van der Waals surface area contributed by atoms with Gasteiger partial charge in [0.25, 0.3) is 0 Å². The first kappa shape index (κ1) is 12.0. The molecule has 0 saturated heterocycles. The molecular formula is C12H9Cl2N3. The zero-order chi connectivity index (χ0) is 12.6. The highest BCUT2D eigenvalue weighted by Crippen LogP contribution is 2.27. The zero-order valence-corrected chi connectivity index (χ0v) is 10.8. The van der Waals surface area contributed by atoms with Crippen LogP contribution in [0.15, 0.2) is 18.2 Å². The highest BCUT2D eigenvalue weighted by molar-refractivity contribution is 6.33. The maximum absolute atomic E-state index is 8.77. The van der Waals surface area contributed by atoms with E-state index in [4.69, 9.17) is 28.5 Å². The molecule has 0 bridgehead atoms. The first-order chi connectivity index (χ1) is 8.04. The van der Waals surface area contributed by atoms with Gasteiger partial charge in [0.2, 0.25) is 0 Å². The quantitative estimate of drug-likeness (QED) is 0.790. The first-order valence-electron chi connectivity index (χ1n) is 4.96. The highest BCUT2D eigenvalue weighted by Gasteiger charge is 2.13. The van der Waals surface area contributed by atoms with E-state index < -0.39 is 0 Å². The monoisotopic (exact) mass is 265 g/mol. The van der Waals surface area contributed by atoms with E-state index in [-0.39, 0.29) is 0 Å². The van der Waals surface area contributed by atoms with E-state index in [1.807, 2.05) is 19.9 Å². The second kappa shape index (κ2) is 4.40. The van der Waals surface area contributed by atoms with Gasteiger partial charge in [-0.1, -0.05) is 23.2 Å². The fourth-order valence-corrected chi connectivity index (χ4v) is 1.98. The van der Waals surface area contributed by atoms with E-state index in [1.54, 1.807) is 22.9 Å². The molecule has 0 radical (unpaired) electrons. The number of rotatable bonds is 1. The minimum absolute atomic E-state index is 0.478. The van der Waals surface area contributed by atoms with Crippen LogP contribution in [-0.4, -0.2) is 9.78 Å². The Hall–Kier alpha value is -1.50. The molecule has 0 aliphatic rings. The maximum Gasteiger partial charge on any atom is 0.0992 e. The standard InChI is InChI=1S/C12H9Cl2N3/c1-7-12(14)8(2)17(16-7)11-4-3-9(6-15)5-10(11)13/h3-5H,1-2H3. The summed E-state index contributed by atoms with van der Waals surface area (Å²) in [5.74, 6) is 0. The topological polar surface area (TPSA) is 41.6 Å². The second-order valence-corrected chi connectivity index (χ2v) is 4.46. The number of halogens is 2. The summed E-state index contributed by atoms with van der Waals surface area (Å²) in [6.07, 6.45) is 0. The van der Waals surface area contributed by atoms with Crippen molar-refractivity contribution in [1.82, 2.24) is 9.78 Å². The molecule has 0 saturated carbocycles. The lowest BCUT2D eigenvalue weighted by atomic mass is 10.2. The second-order valence-electron chi connectivity index (χ2n) is 3.67. The van der Waals surface area contributed by atoms with Crippen molar-refractivity contribution >= 4 is 23.2 Å². The molecule has 0 aliphatic carbocycles. The molecule has 0 aliphatic heterocycles. The molecule has 3 nitrogen and oxygen atoms in total. The number of nitrogens with zero attached hydrogens (tertiary/aromatic N) is 3. The molecular weight excluding hydrogens is 257 g/mol. The molecule has 86 valence electrons. The lowest BCUT2D eigenvalue weighted by Crippen LogP contribution is -2.00. The van der Waals surface area contributed by atoms with Crippen LogP contribution >= 0.6 is 23.2 Å². The van der Waals surface area contributed by atoms with Gasteiger partial charge >= 0.3 is 0 Å². The Morgan fingerprint density at radius 1 is 1.29 bits per heavy atom. The van der Waals surface area contributed by atoms with E-state index in [0.29, 0.717) is 15.6 Å². The Bertz CT molecular complexity index is 623. The van der Waals surface area contributed by atoms with Crippen molar-refractivity contribution < 1.29 is 0 Å². The zero-order valence-electron chi connectivity index (χ0n) is 9.33. The third-order valence-electron chi connectivity index (χ3n) is 2.51. The van der Waals surface area contributed by atoms with E-state index in [1.165, 1.54) is 0 Å². The molecule has 0 N–H and O–H groups in total. The molecule has 1 aromatic heterocycles. The van der Waals surface area contributed by atoms with Crippen LogP contribution in [0.5, 0.6) is 0 Å². The molecule has 1 aromatic carbocycles. The van der Waals surface area contributed by atoms with E-state index in [2.05, 4.69) is 5.10 Å². The smallest absolute Gasteiger partial charge is 0.0992 e. The van der Waals surface area contributed by atoms with Gasteiger partial charge in [-0.2, -0.15) is 10.4 Å². The number of benzene rings is 1. The van der Waals surface area contributed by atoms with Gasteiger partial charge in [-0.15, -0.1) is 0 Å². The molecule has 2 aromatic rings. The van der Waals surface area contributed by atoms with E-state index >= 15 is 0 Å². The minimum Gasteiger partial charge on any atom is -0.235 e. The number of nitriles is 1. The molecule has 1 heterocycles. The Balaban J connectivity index is 2.62. The molecule has 0 fully saturated rings. The van der Waals surface area contributed by atoms with Gasteiger partial charge in [-0.3, -0.25) is 0 Å². The largest absolute Gasteiger partial charge is 0.235 e. The normalized spacial score (nSPS) is 10.3. The van der Waals surface area contributed by atoms with Crippen LogP contribution in [0.1, 0.15) is 17.0 Å². The van der Waals surface area contributed by atoms with E-state index in [9.17, 15) is 0 Å². The predicted octanol–water partition coefficient (Wildman–Crippen LogP) is 3.67. The number of aryl methyl sites for hydroxylation is 1. The van der Waals surface area contributed by atoms with Crippen LogP contribution in [0.4, 0.5) is 0 Å². The first-order valence-corrected chi connectivity index (χ1v) is 5.72. The molecule has 0 unspecified atom stereocenters. The van der Waals surface area contributed by atoms with Crippen LogP contribution in [0.25, 0.3) is 5.69 Å². The van der Waals surface area contributed by atoms with Crippen molar-refractivity contribution in [2.45, 2.75) is 13.8 Å². The summed E-state index contributed by atoms with van der Waals surface area (Å²) >= 11 is 12.2. The lowest BCUT2D eigenvalue weighted by Gasteiger charge is -2.06. The summed E-state index contributed by atoms with van der Waals surface area (Å²) in [6, 6.07) is 7.11. The van der Waals surface area contributed by atoms with E-state index in [0.717, 1.165) is 17.1 Å². The van der Waals surface area contributed by atoms with Gasteiger partial charge in [0.1, 0.15) is 0 Å². The minimum atomic E-state index is 0.478. The van der Waals surface area contributed by atoms with Crippen molar-refractivity contribution in [2.75, 3.05) is 0 Å². The predicted molar refractivity (Wildman–Crippen MR) is 67.8 cm³/mol. The summed E-state index contributed by atoms with van der Waals surface area (Å²) in [6.45, 7) is 3.71. The highest BCUT2D eigenvalue weighted by atomic mass is 35.5. The van der Waals surface area contributed by atoms with Crippen LogP contribution in [-0.2, 0) is 0 Å². The molecule has 0 amide bonds. The van der Waals surface area contributed by atoms with Gasteiger partial charge in [-0.05, 0) is 32.0 Å². The van der Waals surface area contributed by atoms with Crippen LogP contribution in [0.2, 0.25) is 10.0 Å². The molecule has 0 spiro atoms. The van der Waals surface area contributed by atoms with Crippen LogP contribution in [0.3, 0.4) is 0 Å². The fourth-order valence-electron chi connectivity index (χ4n) is 1.61. The van der Waals surface area contributed by atoms with Crippen molar-refractivity contribution in [3.05, 3.63) is 45.2 Å². The number of hydrogen-bond acceptors (Lipinski definition) is 2. The third-order valence-corrected chi connectivity index (χ3v) is 3.36. The average Bonchev–Trinajstić information content (AvgIpc) is 2.57. The van der Waals surface area contributed by atoms with Gasteiger partial charge in [0.15, 0.2) is 0 Å². The Labute approximate surface area is 109 Å². The Morgan fingerprint density at radius 2 is 2.00 bits per heavy atom. The third kappa shape index (κ3) is 2.02. The van der Waals surface area contributed by atoms with Crippen molar-refractivity contribution in [3.63, 3.8) is 0 Å². The summed E-state index contributed by atoms with van der Waals surface area (Å²) in [5, 5.41) is 14.2. The van der Waals surface area contributed by atoms with Crippen molar-refractivity contribution in [2.24, 2.45) is 0 Å². The van der Waals surface area contributed by atoms with Crippen LogP contribution < -0.4 is 0 Å². The lowest BCUT2D eigenvalue weighted by molar-refractivity contribution is 0.833. The molecule has 5 heteroatoms. The average molecular weight is 266 g/mol. The van der Waals surface area contributed by atoms with Gasteiger partial charge in [0, 0.05) is 0 Å². The molecule has 2 rings (SSSR count). The summed E-state index contributed by atoms with van der Waals surface area (Å²) < 4.78 is 1.68. The van der Waals surface area contributed by atoms with Gasteiger partial charge in [-0.25, -0.2) is 4.68 Å². The fraction of sp³-hybridized carbons (Fsp3) is 0.167. The van der Waals surface area contributed by atoms with Crippen molar-refractivity contribution in [3.8, 4) is 11.8 Å². The molecule has 0 atom stereocenters. The summed E-state index contributed by atoms with van der Waals surface area (Å²) in [7, 11) is 0. The summed E-state index contributed by atoms with van der Waals surface area (Å²) in [5.41, 5.74) is 2.82. The Morgan fingerprint density at radius 3 is 2.47 bits per heavy atom. The number of hydrogen-bond donors (Lipinski definition) is 0. The SMILES string of the molecule is Cc1nn(-c2ccc(C#N)cc2Cl)c(C)c1Cl. The number of aromatic nitrogens is 2. The van der Waals surface area contributed by atoms with Gasteiger partial charge < -0.3 is 0 Å². The molecule has 17 heavy (non-hydrogen) atoms. The summed E-state index contributed by atoms with van der Waals surface area (Å²) in [4.78, 5) is 0. The maximum atomic E-state index is 8.77.